The maximum absolute atomic E-state index is 11.6. The summed E-state index contributed by atoms with van der Waals surface area (Å²) < 4.78 is 6.57. The van der Waals surface area contributed by atoms with Gasteiger partial charge in [0.25, 0.3) is 6.47 Å². The van der Waals surface area contributed by atoms with E-state index in [2.05, 4.69) is 15.0 Å². The predicted octanol–water partition coefficient (Wildman–Crippen LogP) is 1.25. The Balaban J connectivity index is 1.77. The van der Waals surface area contributed by atoms with E-state index in [9.17, 15) is 9.59 Å². The molecular formula is C15H15N3O3. The highest BCUT2D eigenvalue weighted by atomic mass is 16.5. The maximum Gasteiger partial charge on any atom is 0.298 e. The normalized spacial score (nSPS) is 10.5. The molecule has 0 atom stereocenters. The first kappa shape index (κ1) is 14.5. The molecule has 0 fully saturated rings. The fourth-order valence-corrected chi connectivity index (χ4v) is 1.67. The molecule has 0 aliphatic rings. The first-order chi connectivity index (χ1) is 10.3. The number of nitrogens with zero attached hydrogens (tertiary/aromatic N) is 2. The Bertz CT molecular complexity index is 604. The van der Waals surface area contributed by atoms with E-state index in [4.69, 9.17) is 0 Å². The summed E-state index contributed by atoms with van der Waals surface area (Å²) in [6.45, 7) is 1.58. The smallest absolute Gasteiger partial charge is 0.298 e. The lowest BCUT2D eigenvalue weighted by molar-refractivity contribution is -0.120. The van der Waals surface area contributed by atoms with Crippen molar-refractivity contribution in [2.45, 2.75) is 6.54 Å². The van der Waals surface area contributed by atoms with Gasteiger partial charge in [-0.2, -0.15) is 0 Å². The summed E-state index contributed by atoms with van der Waals surface area (Å²) in [6, 6.07) is 6.83. The highest BCUT2D eigenvalue weighted by Gasteiger charge is 1.96. The van der Waals surface area contributed by atoms with Crippen LogP contribution >= 0.6 is 0 Å². The Morgan fingerprint density at radius 3 is 2.81 bits per heavy atom. The zero-order chi connectivity index (χ0) is 14.9. The number of hydrogen-bond donors (Lipinski definition) is 1. The number of carbonyl (C=O) groups is 2. The Morgan fingerprint density at radius 1 is 1.33 bits per heavy atom. The van der Waals surface area contributed by atoms with Gasteiger partial charge in [0.1, 0.15) is 5.75 Å². The predicted molar refractivity (Wildman–Crippen MR) is 77.4 cm³/mol. The molecule has 2 rings (SSSR count). The van der Waals surface area contributed by atoms with Crippen LogP contribution in [0.15, 0.2) is 49.1 Å². The van der Waals surface area contributed by atoms with Gasteiger partial charge in [0, 0.05) is 31.6 Å². The van der Waals surface area contributed by atoms with Crippen LogP contribution in [0.1, 0.15) is 5.56 Å². The van der Waals surface area contributed by atoms with Gasteiger partial charge in [0.2, 0.25) is 5.91 Å². The van der Waals surface area contributed by atoms with Crippen molar-refractivity contribution in [2.75, 3.05) is 6.54 Å². The molecule has 0 bridgehead atoms. The number of imidazole rings is 1. The third kappa shape index (κ3) is 4.94. The van der Waals surface area contributed by atoms with Crippen molar-refractivity contribution < 1.29 is 14.3 Å². The van der Waals surface area contributed by atoms with E-state index in [0.29, 0.717) is 25.3 Å². The Kier molecular flexibility index (Phi) is 5.28. The van der Waals surface area contributed by atoms with Crippen molar-refractivity contribution in [2.24, 2.45) is 0 Å². The van der Waals surface area contributed by atoms with Crippen LogP contribution in [0.25, 0.3) is 6.08 Å². The third-order valence-corrected chi connectivity index (χ3v) is 2.72. The molecule has 0 aliphatic heterocycles. The quantitative estimate of drug-likeness (QED) is 0.614. The molecule has 0 saturated carbocycles. The second-order valence-electron chi connectivity index (χ2n) is 4.21. The zero-order valence-corrected chi connectivity index (χ0v) is 11.3. The summed E-state index contributed by atoms with van der Waals surface area (Å²) in [6.07, 6.45) is 8.39. The van der Waals surface area contributed by atoms with Crippen LogP contribution in [0, 0.1) is 0 Å². The number of benzene rings is 1. The van der Waals surface area contributed by atoms with Gasteiger partial charge >= 0.3 is 0 Å². The summed E-state index contributed by atoms with van der Waals surface area (Å²) in [7, 11) is 0. The van der Waals surface area contributed by atoms with Gasteiger partial charge in [-0.15, -0.1) is 0 Å². The van der Waals surface area contributed by atoms with E-state index in [-0.39, 0.29) is 5.91 Å². The van der Waals surface area contributed by atoms with E-state index in [0.717, 1.165) is 5.56 Å². The lowest BCUT2D eigenvalue weighted by Gasteiger charge is -2.03. The minimum atomic E-state index is -0.164. The van der Waals surface area contributed by atoms with Gasteiger partial charge in [-0.3, -0.25) is 9.59 Å². The molecule has 0 radical (unpaired) electrons. The minimum Gasteiger partial charge on any atom is -0.429 e. The van der Waals surface area contributed by atoms with Crippen LogP contribution in [0.5, 0.6) is 5.75 Å². The van der Waals surface area contributed by atoms with Gasteiger partial charge in [0.05, 0.1) is 6.33 Å². The molecule has 1 amide bonds. The van der Waals surface area contributed by atoms with Crippen molar-refractivity contribution in [1.82, 2.24) is 14.9 Å². The molecule has 6 heteroatoms. The molecule has 0 saturated heterocycles. The summed E-state index contributed by atoms with van der Waals surface area (Å²) in [4.78, 5) is 25.7. The molecule has 1 heterocycles. The fraction of sp³-hybridized carbons (Fsp3) is 0.133. The Morgan fingerprint density at radius 2 is 2.14 bits per heavy atom. The van der Waals surface area contributed by atoms with Crippen molar-refractivity contribution >= 4 is 18.5 Å². The van der Waals surface area contributed by atoms with Gasteiger partial charge in [0.15, 0.2) is 0 Å². The first-order valence-corrected chi connectivity index (χ1v) is 6.40. The van der Waals surface area contributed by atoms with E-state index >= 15 is 0 Å². The minimum absolute atomic E-state index is 0.164. The standard InChI is InChI=1S/C15H15N3O3/c19-12-21-14-4-1-13(2-5-14)3-6-15(20)17-8-10-18-9-7-16-11-18/h1-7,9,11-12H,8,10H2,(H,17,20)/b6-3+. The number of carbonyl (C=O) groups excluding carboxylic acids is 2. The summed E-state index contributed by atoms with van der Waals surface area (Å²) in [5, 5.41) is 2.78. The molecule has 21 heavy (non-hydrogen) atoms. The van der Waals surface area contributed by atoms with Crippen molar-refractivity contribution in [3.8, 4) is 5.75 Å². The molecule has 108 valence electrons. The molecule has 1 N–H and O–H groups in total. The second-order valence-corrected chi connectivity index (χ2v) is 4.21. The third-order valence-electron chi connectivity index (χ3n) is 2.72. The molecule has 6 nitrogen and oxygen atoms in total. The summed E-state index contributed by atoms with van der Waals surface area (Å²) in [5.74, 6) is 0.301. The highest BCUT2D eigenvalue weighted by Crippen LogP contribution is 2.12. The lowest BCUT2D eigenvalue weighted by atomic mass is 10.2. The van der Waals surface area contributed by atoms with Crippen LogP contribution in [0.2, 0.25) is 0 Å². The van der Waals surface area contributed by atoms with Crippen molar-refractivity contribution in [3.63, 3.8) is 0 Å². The van der Waals surface area contributed by atoms with E-state index < -0.39 is 0 Å². The van der Waals surface area contributed by atoms with Crippen LogP contribution in [0.4, 0.5) is 0 Å². The zero-order valence-electron chi connectivity index (χ0n) is 11.3. The number of nitrogens with one attached hydrogen (secondary N) is 1. The van der Waals surface area contributed by atoms with E-state index in [1.54, 1.807) is 42.9 Å². The summed E-state index contributed by atoms with van der Waals surface area (Å²) >= 11 is 0. The number of rotatable bonds is 7. The monoisotopic (exact) mass is 285 g/mol. The van der Waals surface area contributed by atoms with Gasteiger partial charge in [-0.05, 0) is 23.8 Å². The molecule has 2 aromatic rings. The topological polar surface area (TPSA) is 73.2 Å². The first-order valence-electron chi connectivity index (χ1n) is 6.40. The van der Waals surface area contributed by atoms with Crippen molar-refractivity contribution in [3.05, 3.63) is 54.6 Å². The molecule has 0 spiro atoms. The average Bonchev–Trinajstić information content (AvgIpc) is 3.00. The average molecular weight is 285 g/mol. The number of aromatic nitrogens is 2. The van der Waals surface area contributed by atoms with E-state index in [1.165, 1.54) is 6.08 Å². The van der Waals surface area contributed by atoms with Crippen molar-refractivity contribution in [1.29, 1.82) is 0 Å². The SMILES string of the molecule is O=COc1ccc(/C=C/C(=O)NCCn2ccnc2)cc1. The highest BCUT2D eigenvalue weighted by molar-refractivity contribution is 5.91. The maximum atomic E-state index is 11.6. The largest absolute Gasteiger partial charge is 0.429 e. The molecule has 1 aromatic carbocycles. The van der Waals surface area contributed by atoms with Crippen LogP contribution in [-0.2, 0) is 16.1 Å². The number of ether oxygens (including phenoxy) is 1. The van der Waals surface area contributed by atoms with E-state index in [1.807, 2.05) is 10.8 Å². The van der Waals surface area contributed by atoms with Crippen LogP contribution in [-0.4, -0.2) is 28.5 Å². The Labute approximate surface area is 122 Å². The second kappa shape index (κ2) is 7.64. The lowest BCUT2D eigenvalue weighted by Crippen LogP contribution is -2.25. The van der Waals surface area contributed by atoms with Crippen LogP contribution in [0.3, 0.4) is 0 Å². The number of hydrogen-bond acceptors (Lipinski definition) is 4. The van der Waals surface area contributed by atoms with Gasteiger partial charge < -0.3 is 14.6 Å². The fourth-order valence-electron chi connectivity index (χ4n) is 1.67. The molecule has 0 aliphatic carbocycles. The van der Waals surface area contributed by atoms with Gasteiger partial charge in [-0.25, -0.2) is 4.98 Å². The summed E-state index contributed by atoms with van der Waals surface area (Å²) in [5.41, 5.74) is 0.845. The number of amides is 1. The molecular weight excluding hydrogens is 270 g/mol. The van der Waals surface area contributed by atoms with Crippen LogP contribution < -0.4 is 10.1 Å². The van der Waals surface area contributed by atoms with Gasteiger partial charge in [-0.1, -0.05) is 12.1 Å². The Hall–Kier alpha value is -2.89. The molecule has 1 aromatic heterocycles. The molecule has 0 unspecified atom stereocenters.